The van der Waals surface area contributed by atoms with Crippen molar-refractivity contribution in [2.24, 2.45) is 5.73 Å². The van der Waals surface area contributed by atoms with Crippen molar-refractivity contribution in [3.05, 3.63) is 12.2 Å². The first-order valence-electron chi connectivity index (χ1n) is 9.95. The zero-order chi connectivity index (χ0) is 20.1. The average molecular weight is 386 g/mol. The van der Waals surface area contributed by atoms with Gasteiger partial charge in [0.15, 0.2) is 12.1 Å². The molecule has 2 heterocycles. The number of nitrogens with two attached hydrogens (primary N) is 1. The first-order valence-corrected chi connectivity index (χ1v) is 9.95. The van der Waals surface area contributed by atoms with Crippen molar-refractivity contribution < 1.29 is 28.8 Å². The number of rotatable bonds is 7. The Kier molecular flexibility index (Phi) is 8.39. The number of carbonyl (C=O) groups is 1. The Balaban J connectivity index is 1.80. The van der Waals surface area contributed by atoms with Crippen LogP contribution in [0.3, 0.4) is 0 Å². The molecule has 27 heavy (non-hydrogen) atoms. The van der Waals surface area contributed by atoms with Crippen molar-refractivity contribution in [2.45, 2.75) is 109 Å². The second-order valence-electron chi connectivity index (χ2n) is 7.82. The summed E-state index contributed by atoms with van der Waals surface area (Å²) in [5, 5.41) is 9.22. The first-order chi connectivity index (χ1) is 12.7. The standard InChI is InChI=1S/C20H35NO6/c1-11(6-7-17(23)13(3)22)25-18-8-9-19(26-14(18)4)27-20-15(5)24-12(2)10-16(20)21/h6-7,11-16,18-20,22H,8-10,21H2,1-5H3/b7-6-/t11-,12?,13?,14?,15?,16?,18?,19?,20?/m1/s1. The van der Waals surface area contributed by atoms with E-state index in [0.29, 0.717) is 6.42 Å². The highest BCUT2D eigenvalue weighted by atomic mass is 16.7. The van der Waals surface area contributed by atoms with E-state index in [0.717, 1.165) is 12.8 Å². The highest BCUT2D eigenvalue weighted by Crippen LogP contribution is 2.28. The molecule has 2 aliphatic heterocycles. The van der Waals surface area contributed by atoms with Crippen LogP contribution in [-0.4, -0.2) is 65.9 Å². The number of ether oxygens (including phenoxy) is 4. The fourth-order valence-electron chi connectivity index (χ4n) is 3.65. The van der Waals surface area contributed by atoms with Gasteiger partial charge in [0.2, 0.25) is 0 Å². The van der Waals surface area contributed by atoms with Crippen LogP contribution in [-0.2, 0) is 23.7 Å². The predicted octanol–water partition coefficient (Wildman–Crippen LogP) is 1.70. The van der Waals surface area contributed by atoms with Gasteiger partial charge >= 0.3 is 0 Å². The minimum Gasteiger partial charge on any atom is -0.385 e. The molecule has 156 valence electrons. The van der Waals surface area contributed by atoms with Gasteiger partial charge in [0.25, 0.3) is 0 Å². The summed E-state index contributed by atoms with van der Waals surface area (Å²) in [7, 11) is 0. The lowest BCUT2D eigenvalue weighted by molar-refractivity contribution is -0.268. The summed E-state index contributed by atoms with van der Waals surface area (Å²) in [6.45, 7) is 9.28. The molecule has 7 nitrogen and oxygen atoms in total. The highest BCUT2D eigenvalue weighted by molar-refractivity contribution is 5.92. The lowest BCUT2D eigenvalue weighted by Gasteiger charge is -2.42. The Morgan fingerprint density at radius 2 is 1.89 bits per heavy atom. The molecule has 8 unspecified atom stereocenters. The predicted molar refractivity (Wildman–Crippen MR) is 101 cm³/mol. The molecule has 2 aliphatic rings. The van der Waals surface area contributed by atoms with E-state index in [-0.39, 0.29) is 54.7 Å². The fourth-order valence-corrected chi connectivity index (χ4v) is 3.65. The van der Waals surface area contributed by atoms with Gasteiger partial charge in [-0.2, -0.15) is 0 Å². The summed E-state index contributed by atoms with van der Waals surface area (Å²) in [6, 6.07) is -0.0618. The molecule has 7 heteroatoms. The molecule has 0 aromatic carbocycles. The summed E-state index contributed by atoms with van der Waals surface area (Å²) >= 11 is 0. The van der Waals surface area contributed by atoms with Crippen LogP contribution in [0.15, 0.2) is 12.2 Å². The van der Waals surface area contributed by atoms with Crippen molar-refractivity contribution in [1.29, 1.82) is 0 Å². The number of hydrogen-bond acceptors (Lipinski definition) is 7. The van der Waals surface area contributed by atoms with Crippen LogP contribution < -0.4 is 5.73 Å². The normalized spacial score (nSPS) is 40.0. The molecule has 0 bridgehead atoms. The second kappa shape index (κ2) is 10.1. The van der Waals surface area contributed by atoms with E-state index in [1.807, 2.05) is 27.7 Å². The Hall–Kier alpha value is -0.830. The molecule has 0 aromatic rings. The smallest absolute Gasteiger partial charge is 0.183 e. The van der Waals surface area contributed by atoms with E-state index in [1.54, 1.807) is 6.08 Å². The molecule has 0 radical (unpaired) electrons. The third-order valence-corrected chi connectivity index (χ3v) is 5.15. The minimum atomic E-state index is -0.996. The fraction of sp³-hybridized carbons (Fsp3) is 0.850. The maximum Gasteiger partial charge on any atom is 0.183 e. The lowest BCUT2D eigenvalue weighted by Crippen LogP contribution is -2.54. The number of aliphatic hydroxyl groups excluding tert-OH is 1. The van der Waals surface area contributed by atoms with Crippen molar-refractivity contribution >= 4 is 5.78 Å². The molecule has 9 atom stereocenters. The minimum absolute atomic E-state index is 0.0618. The van der Waals surface area contributed by atoms with Crippen LogP contribution in [0.4, 0.5) is 0 Å². The quantitative estimate of drug-likeness (QED) is 0.643. The molecule has 0 aromatic heterocycles. The Morgan fingerprint density at radius 3 is 2.48 bits per heavy atom. The van der Waals surface area contributed by atoms with E-state index in [9.17, 15) is 9.90 Å². The molecule has 0 spiro atoms. The number of hydrogen-bond donors (Lipinski definition) is 2. The van der Waals surface area contributed by atoms with Gasteiger partial charge in [0.1, 0.15) is 12.2 Å². The van der Waals surface area contributed by atoms with Gasteiger partial charge in [0.05, 0.1) is 30.5 Å². The molecule has 2 fully saturated rings. The third kappa shape index (κ3) is 6.62. The van der Waals surface area contributed by atoms with Gasteiger partial charge in [-0.05, 0) is 53.5 Å². The SMILES string of the molecule is CC1CC(N)C(OC2CCC(O[C@H](C)/C=C\C(=O)C(C)O)C(C)O2)C(C)O1. The molecule has 0 saturated carbocycles. The van der Waals surface area contributed by atoms with Gasteiger partial charge in [0, 0.05) is 12.5 Å². The number of aliphatic hydroxyl groups is 1. The van der Waals surface area contributed by atoms with Crippen LogP contribution in [0.25, 0.3) is 0 Å². The zero-order valence-electron chi connectivity index (χ0n) is 17.0. The van der Waals surface area contributed by atoms with Crippen LogP contribution in [0.2, 0.25) is 0 Å². The first kappa shape index (κ1) is 22.5. The van der Waals surface area contributed by atoms with E-state index < -0.39 is 6.10 Å². The van der Waals surface area contributed by atoms with E-state index in [2.05, 4.69) is 0 Å². The summed E-state index contributed by atoms with van der Waals surface area (Å²) in [4.78, 5) is 11.5. The van der Waals surface area contributed by atoms with E-state index in [4.69, 9.17) is 24.7 Å². The number of carbonyl (C=O) groups excluding carboxylic acids is 1. The topological polar surface area (TPSA) is 100 Å². The molecule has 3 N–H and O–H groups in total. The van der Waals surface area contributed by atoms with Crippen LogP contribution in [0.1, 0.15) is 53.9 Å². The monoisotopic (exact) mass is 385 g/mol. The maximum atomic E-state index is 11.5. The summed E-state index contributed by atoms with van der Waals surface area (Å²) < 4.78 is 23.9. The Bertz CT molecular complexity index is 499. The van der Waals surface area contributed by atoms with Crippen LogP contribution in [0.5, 0.6) is 0 Å². The van der Waals surface area contributed by atoms with Gasteiger partial charge in [-0.25, -0.2) is 0 Å². The largest absolute Gasteiger partial charge is 0.385 e. The van der Waals surface area contributed by atoms with E-state index in [1.165, 1.54) is 13.0 Å². The summed E-state index contributed by atoms with van der Waals surface area (Å²) in [5.74, 6) is -0.332. The highest BCUT2D eigenvalue weighted by Gasteiger charge is 2.38. The second-order valence-corrected chi connectivity index (χ2v) is 7.82. The summed E-state index contributed by atoms with van der Waals surface area (Å²) in [5.41, 5.74) is 6.25. The number of ketones is 1. The molecular weight excluding hydrogens is 350 g/mol. The van der Waals surface area contributed by atoms with Gasteiger partial charge in [-0.15, -0.1) is 0 Å². The average Bonchev–Trinajstić information content (AvgIpc) is 2.58. The molecule has 2 rings (SSSR count). The van der Waals surface area contributed by atoms with Crippen LogP contribution in [0, 0.1) is 0 Å². The molecule has 0 aliphatic carbocycles. The van der Waals surface area contributed by atoms with Crippen molar-refractivity contribution in [2.75, 3.05) is 0 Å². The molecule has 2 saturated heterocycles. The van der Waals surface area contributed by atoms with Crippen molar-refractivity contribution in [1.82, 2.24) is 0 Å². The molecule has 0 amide bonds. The van der Waals surface area contributed by atoms with Crippen molar-refractivity contribution in [3.63, 3.8) is 0 Å². The van der Waals surface area contributed by atoms with E-state index >= 15 is 0 Å². The zero-order valence-corrected chi connectivity index (χ0v) is 17.0. The molecular formula is C20H35NO6. The van der Waals surface area contributed by atoms with Gasteiger partial charge < -0.3 is 29.8 Å². The Labute approximate surface area is 162 Å². The Morgan fingerprint density at radius 1 is 1.19 bits per heavy atom. The third-order valence-electron chi connectivity index (χ3n) is 5.15. The summed E-state index contributed by atoms with van der Waals surface area (Å²) in [6.07, 6.45) is 3.43. The van der Waals surface area contributed by atoms with Crippen LogP contribution >= 0.6 is 0 Å². The lowest BCUT2D eigenvalue weighted by atomic mass is 9.97. The maximum absolute atomic E-state index is 11.5. The van der Waals surface area contributed by atoms with Crippen molar-refractivity contribution in [3.8, 4) is 0 Å². The van der Waals surface area contributed by atoms with Gasteiger partial charge in [-0.1, -0.05) is 6.08 Å². The van der Waals surface area contributed by atoms with Gasteiger partial charge in [-0.3, -0.25) is 4.79 Å².